The van der Waals surface area contributed by atoms with Gasteiger partial charge in [0.25, 0.3) is 0 Å². The smallest absolute Gasteiger partial charge is 0.431 e. The van der Waals surface area contributed by atoms with Crippen LogP contribution in [-0.4, -0.2) is 16.5 Å². The largest absolute Gasteiger partial charge is 0.495 e. The van der Waals surface area contributed by atoms with Crippen molar-refractivity contribution in [1.82, 2.24) is 9.38 Å². The minimum absolute atomic E-state index is 0.0278. The zero-order valence-electron chi connectivity index (χ0n) is 12.5. The summed E-state index contributed by atoms with van der Waals surface area (Å²) in [5, 5.41) is 8.67. The van der Waals surface area contributed by atoms with E-state index in [1.165, 1.54) is 13.2 Å². The number of halogens is 5. The van der Waals surface area contributed by atoms with E-state index < -0.39 is 17.7 Å². The van der Waals surface area contributed by atoms with Crippen LogP contribution in [0.5, 0.6) is 5.75 Å². The van der Waals surface area contributed by atoms with Crippen LogP contribution in [0.4, 0.5) is 17.6 Å². The summed E-state index contributed by atoms with van der Waals surface area (Å²) in [6, 6.07) is 4.62. The normalized spacial score (nSPS) is 11.6. The summed E-state index contributed by atoms with van der Waals surface area (Å²) in [5.41, 5.74) is -1.39. The number of rotatable bonds is 2. The Morgan fingerprint density at radius 1 is 1.28 bits per heavy atom. The molecule has 0 aliphatic heterocycles. The Kier molecular flexibility index (Phi) is 4.05. The van der Waals surface area contributed by atoms with Gasteiger partial charge in [-0.1, -0.05) is 11.6 Å². The summed E-state index contributed by atoms with van der Waals surface area (Å²) in [4.78, 5) is 3.88. The first kappa shape index (κ1) is 17.0. The monoisotopic (exact) mass is 369 g/mol. The van der Waals surface area contributed by atoms with Gasteiger partial charge >= 0.3 is 6.18 Å². The molecule has 128 valence electrons. The van der Waals surface area contributed by atoms with Crippen LogP contribution in [0.1, 0.15) is 11.3 Å². The molecule has 9 heteroatoms. The zero-order chi connectivity index (χ0) is 18.4. The molecule has 4 nitrogen and oxygen atoms in total. The standard InChI is InChI=1S/C16H8ClF4N3O/c1-25-12-5-9(11(18)4-8(12)7-22)14-10(17)6-13(16(19,20)21)24-3-2-23-15(14)24/h2-6H,1H3. The van der Waals surface area contributed by atoms with Gasteiger partial charge in [0.1, 0.15) is 29.0 Å². The van der Waals surface area contributed by atoms with Crippen LogP contribution < -0.4 is 4.74 Å². The number of hydrogen-bond donors (Lipinski definition) is 0. The lowest BCUT2D eigenvalue weighted by atomic mass is 10.0. The quantitative estimate of drug-likeness (QED) is 0.616. The number of hydrogen-bond acceptors (Lipinski definition) is 3. The van der Waals surface area contributed by atoms with Crippen molar-refractivity contribution in [3.8, 4) is 22.9 Å². The van der Waals surface area contributed by atoms with Crippen molar-refractivity contribution in [2.24, 2.45) is 0 Å². The lowest BCUT2D eigenvalue weighted by Gasteiger charge is -2.15. The summed E-state index contributed by atoms with van der Waals surface area (Å²) >= 11 is 6.02. The van der Waals surface area contributed by atoms with E-state index in [1.54, 1.807) is 6.07 Å². The fraction of sp³-hybridized carbons (Fsp3) is 0.125. The highest BCUT2D eigenvalue weighted by atomic mass is 35.5. The van der Waals surface area contributed by atoms with Gasteiger partial charge in [-0.05, 0) is 18.2 Å². The molecule has 0 bridgehead atoms. The van der Waals surface area contributed by atoms with Gasteiger partial charge in [0.05, 0.1) is 17.7 Å². The summed E-state index contributed by atoms with van der Waals surface area (Å²) in [6.45, 7) is 0. The van der Waals surface area contributed by atoms with Crippen LogP contribution in [0.15, 0.2) is 30.6 Å². The second-order valence-corrected chi connectivity index (χ2v) is 5.42. The molecule has 0 unspecified atom stereocenters. The van der Waals surface area contributed by atoms with Gasteiger partial charge in [0, 0.05) is 23.5 Å². The number of fused-ring (bicyclic) bond motifs is 1. The summed E-state index contributed by atoms with van der Waals surface area (Å²) < 4.78 is 59.8. The van der Waals surface area contributed by atoms with Crippen LogP contribution in [0.25, 0.3) is 16.8 Å². The molecule has 2 aromatic heterocycles. The first-order chi connectivity index (χ1) is 11.8. The lowest BCUT2D eigenvalue weighted by molar-refractivity contribution is -0.142. The third-order valence-corrected chi connectivity index (χ3v) is 3.89. The highest BCUT2D eigenvalue weighted by Gasteiger charge is 2.35. The Morgan fingerprint density at radius 3 is 2.60 bits per heavy atom. The van der Waals surface area contributed by atoms with Crippen molar-refractivity contribution >= 4 is 17.2 Å². The molecule has 0 radical (unpaired) electrons. The van der Waals surface area contributed by atoms with Crippen molar-refractivity contribution in [3.63, 3.8) is 0 Å². The summed E-state index contributed by atoms with van der Waals surface area (Å²) in [5.74, 6) is -0.761. The molecule has 1 aromatic carbocycles. The molecule has 3 rings (SSSR count). The van der Waals surface area contributed by atoms with Crippen LogP contribution in [0, 0.1) is 17.1 Å². The van der Waals surface area contributed by atoms with E-state index in [1.807, 2.05) is 0 Å². The molecular formula is C16H8ClF4N3O. The van der Waals surface area contributed by atoms with E-state index in [0.717, 1.165) is 22.9 Å². The third-order valence-electron chi connectivity index (χ3n) is 3.60. The molecule has 25 heavy (non-hydrogen) atoms. The molecule has 0 fully saturated rings. The maximum atomic E-state index is 14.5. The fourth-order valence-electron chi connectivity index (χ4n) is 2.52. The van der Waals surface area contributed by atoms with Crippen molar-refractivity contribution in [2.75, 3.05) is 7.11 Å². The number of ether oxygens (including phenoxy) is 1. The number of methoxy groups -OCH3 is 1. The average molecular weight is 370 g/mol. The molecular weight excluding hydrogens is 362 g/mol. The van der Waals surface area contributed by atoms with E-state index in [2.05, 4.69) is 4.98 Å². The molecule has 0 atom stereocenters. The fourth-order valence-corrected chi connectivity index (χ4v) is 2.81. The van der Waals surface area contributed by atoms with E-state index in [9.17, 15) is 17.6 Å². The minimum Gasteiger partial charge on any atom is -0.495 e. The highest BCUT2D eigenvalue weighted by Crippen LogP contribution is 2.40. The Morgan fingerprint density at radius 2 is 2.00 bits per heavy atom. The van der Waals surface area contributed by atoms with E-state index in [0.29, 0.717) is 6.07 Å². The predicted molar refractivity (Wildman–Crippen MR) is 81.9 cm³/mol. The van der Waals surface area contributed by atoms with Gasteiger partial charge in [-0.2, -0.15) is 18.4 Å². The van der Waals surface area contributed by atoms with Gasteiger partial charge in [0.2, 0.25) is 0 Å². The number of pyridine rings is 1. The van der Waals surface area contributed by atoms with E-state index >= 15 is 0 Å². The minimum atomic E-state index is -4.66. The molecule has 0 aliphatic carbocycles. The van der Waals surface area contributed by atoms with Crippen LogP contribution in [0.3, 0.4) is 0 Å². The number of aromatic nitrogens is 2. The van der Waals surface area contributed by atoms with Gasteiger partial charge in [-0.25, -0.2) is 9.37 Å². The number of nitrogens with zero attached hydrogens (tertiary/aromatic N) is 3. The Bertz CT molecular complexity index is 1020. The molecule has 0 aliphatic rings. The van der Waals surface area contributed by atoms with E-state index in [4.69, 9.17) is 21.6 Å². The molecule has 0 spiro atoms. The maximum absolute atomic E-state index is 14.5. The van der Waals surface area contributed by atoms with Crippen molar-refractivity contribution in [3.05, 3.63) is 52.7 Å². The van der Waals surface area contributed by atoms with Gasteiger partial charge < -0.3 is 4.74 Å². The Hall–Kier alpha value is -2.79. The molecule has 3 aromatic rings. The second kappa shape index (κ2) is 5.93. The first-order valence-corrected chi connectivity index (χ1v) is 7.16. The number of nitriles is 1. The molecule has 0 saturated heterocycles. The average Bonchev–Trinajstić information content (AvgIpc) is 3.02. The van der Waals surface area contributed by atoms with Crippen LogP contribution in [-0.2, 0) is 6.18 Å². The van der Waals surface area contributed by atoms with Gasteiger partial charge in [-0.3, -0.25) is 4.40 Å². The SMILES string of the molecule is COc1cc(-c2c(Cl)cc(C(F)(F)F)n3ccnc23)c(F)cc1C#N. The summed E-state index contributed by atoms with van der Waals surface area (Å²) in [7, 11) is 1.29. The number of imidazole rings is 1. The highest BCUT2D eigenvalue weighted by molar-refractivity contribution is 6.34. The predicted octanol–water partition coefficient (Wildman–Crippen LogP) is 4.69. The van der Waals surface area contributed by atoms with Crippen molar-refractivity contribution < 1.29 is 22.3 Å². The van der Waals surface area contributed by atoms with Crippen LogP contribution in [0.2, 0.25) is 5.02 Å². The zero-order valence-corrected chi connectivity index (χ0v) is 13.3. The number of benzene rings is 1. The molecule has 0 N–H and O–H groups in total. The molecule has 0 amide bonds. The second-order valence-electron chi connectivity index (χ2n) is 5.02. The summed E-state index contributed by atoms with van der Waals surface area (Å²) in [6.07, 6.45) is -2.40. The lowest BCUT2D eigenvalue weighted by Crippen LogP contribution is -2.12. The molecule has 2 heterocycles. The van der Waals surface area contributed by atoms with E-state index in [-0.39, 0.29) is 33.1 Å². The maximum Gasteiger partial charge on any atom is 0.431 e. The third kappa shape index (κ3) is 2.76. The van der Waals surface area contributed by atoms with Crippen molar-refractivity contribution in [2.45, 2.75) is 6.18 Å². The Balaban J connectivity index is 2.37. The Labute approximate surface area is 143 Å². The van der Waals surface area contributed by atoms with Crippen molar-refractivity contribution in [1.29, 1.82) is 5.26 Å². The van der Waals surface area contributed by atoms with Gasteiger partial charge in [0.15, 0.2) is 0 Å². The van der Waals surface area contributed by atoms with Gasteiger partial charge in [-0.15, -0.1) is 0 Å². The molecule has 0 saturated carbocycles. The number of alkyl halides is 3. The van der Waals surface area contributed by atoms with Crippen LogP contribution >= 0.6 is 11.6 Å². The topological polar surface area (TPSA) is 50.3 Å². The first-order valence-electron chi connectivity index (χ1n) is 6.78.